The Morgan fingerprint density at radius 2 is 2.17 bits per heavy atom. The number of pyridine rings is 1. The van der Waals surface area contributed by atoms with Crippen LogP contribution < -0.4 is 5.73 Å². The molecule has 4 nitrogen and oxygen atoms in total. The van der Waals surface area contributed by atoms with Crippen LogP contribution in [0.2, 0.25) is 0 Å². The monoisotopic (exact) mass is 244 g/mol. The van der Waals surface area contributed by atoms with Gasteiger partial charge in [-0.05, 0) is 31.0 Å². The standard InChI is InChI=1S/C14H20N4/c1-3-7-18-8-6-17-14(18)10-13(15)12-4-5-16-11(2)9-12/h4-6,8-9,13H,3,7,10,15H2,1-2H3. The Bertz CT molecular complexity index is 504. The Morgan fingerprint density at radius 3 is 2.89 bits per heavy atom. The maximum absolute atomic E-state index is 6.24. The van der Waals surface area contributed by atoms with E-state index in [9.17, 15) is 0 Å². The zero-order valence-corrected chi connectivity index (χ0v) is 11.0. The maximum Gasteiger partial charge on any atom is 0.110 e. The molecule has 0 amide bonds. The summed E-state index contributed by atoms with van der Waals surface area (Å²) >= 11 is 0. The first kappa shape index (κ1) is 12.8. The van der Waals surface area contributed by atoms with Gasteiger partial charge in [0.05, 0.1) is 0 Å². The van der Waals surface area contributed by atoms with Crippen molar-refractivity contribution in [3.63, 3.8) is 0 Å². The largest absolute Gasteiger partial charge is 0.335 e. The van der Waals surface area contributed by atoms with Crippen LogP contribution in [0.1, 0.15) is 36.5 Å². The zero-order valence-electron chi connectivity index (χ0n) is 11.0. The lowest BCUT2D eigenvalue weighted by Crippen LogP contribution is -2.16. The Labute approximate surface area is 108 Å². The third-order valence-corrected chi connectivity index (χ3v) is 3.02. The zero-order chi connectivity index (χ0) is 13.0. The van der Waals surface area contributed by atoms with Crippen LogP contribution in [0.15, 0.2) is 30.7 Å². The molecule has 2 N–H and O–H groups in total. The van der Waals surface area contributed by atoms with Crippen molar-refractivity contribution in [1.82, 2.24) is 14.5 Å². The van der Waals surface area contributed by atoms with E-state index >= 15 is 0 Å². The number of hydrogen-bond donors (Lipinski definition) is 1. The van der Waals surface area contributed by atoms with Crippen molar-refractivity contribution in [3.05, 3.63) is 47.8 Å². The van der Waals surface area contributed by atoms with Gasteiger partial charge in [0, 0.05) is 43.3 Å². The number of rotatable bonds is 5. The first-order valence-corrected chi connectivity index (χ1v) is 6.39. The topological polar surface area (TPSA) is 56.7 Å². The molecule has 2 rings (SSSR count). The van der Waals surface area contributed by atoms with E-state index in [-0.39, 0.29) is 6.04 Å². The van der Waals surface area contributed by atoms with Gasteiger partial charge in [-0.15, -0.1) is 0 Å². The molecule has 2 aromatic rings. The molecule has 1 unspecified atom stereocenters. The van der Waals surface area contributed by atoms with Gasteiger partial charge in [-0.3, -0.25) is 4.98 Å². The summed E-state index contributed by atoms with van der Waals surface area (Å²) in [6, 6.07) is 3.99. The molecular weight excluding hydrogens is 224 g/mol. The molecule has 4 heteroatoms. The Kier molecular flexibility index (Phi) is 4.10. The highest BCUT2D eigenvalue weighted by molar-refractivity contribution is 5.20. The third-order valence-electron chi connectivity index (χ3n) is 3.02. The van der Waals surface area contributed by atoms with Crippen LogP contribution in [-0.2, 0) is 13.0 Å². The number of aryl methyl sites for hydroxylation is 2. The van der Waals surface area contributed by atoms with Crippen molar-refractivity contribution in [3.8, 4) is 0 Å². The number of nitrogens with two attached hydrogens (primary N) is 1. The average molecular weight is 244 g/mol. The van der Waals surface area contributed by atoms with E-state index in [4.69, 9.17) is 5.73 Å². The highest BCUT2D eigenvalue weighted by atomic mass is 15.1. The molecule has 0 aliphatic rings. The summed E-state index contributed by atoms with van der Waals surface area (Å²) in [6.45, 7) is 5.14. The molecule has 2 aromatic heterocycles. The molecule has 96 valence electrons. The fourth-order valence-electron chi connectivity index (χ4n) is 2.09. The van der Waals surface area contributed by atoms with Crippen LogP contribution in [0.25, 0.3) is 0 Å². The summed E-state index contributed by atoms with van der Waals surface area (Å²) in [5.74, 6) is 1.05. The summed E-state index contributed by atoms with van der Waals surface area (Å²) < 4.78 is 2.17. The van der Waals surface area contributed by atoms with Crippen molar-refractivity contribution in [2.45, 2.75) is 39.3 Å². The lowest BCUT2D eigenvalue weighted by atomic mass is 10.0. The van der Waals surface area contributed by atoms with E-state index in [1.54, 1.807) is 0 Å². The van der Waals surface area contributed by atoms with Crippen molar-refractivity contribution >= 4 is 0 Å². The van der Waals surface area contributed by atoms with Gasteiger partial charge in [-0.1, -0.05) is 6.92 Å². The highest BCUT2D eigenvalue weighted by Gasteiger charge is 2.11. The fourth-order valence-corrected chi connectivity index (χ4v) is 2.09. The van der Waals surface area contributed by atoms with E-state index < -0.39 is 0 Å². The van der Waals surface area contributed by atoms with E-state index in [2.05, 4.69) is 21.5 Å². The molecule has 0 aliphatic carbocycles. The Morgan fingerprint density at radius 1 is 1.33 bits per heavy atom. The minimum absolute atomic E-state index is 0.0234. The molecule has 0 fully saturated rings. The van der Waals surface area contributed by atoms with E-state index in [0.717, 1.165) is 36.5 Å². The second kappa shape index (κ2) is 5.78. The molecule has 0 saturated heterocycles. The van der Waals surface area contributed by atoms with Crippen molar-refractivity contribution < 1.29 is 0 Å². The van der Waals surface area contributed by atoms with Crippen molar-refractivity contribution in [2.24, 2.45) is 5.73 Å². The molecule has 0 radical (unpaired) electrons. The highest BCUT2D eigenvalue weighted by Crippen LogP contribution is 2.15. The first-order chi connectivity index (χ1) is 8.70. The Hall–Kier alpha value is -1.68. The molecule has 0 spiro atoms. The molecule has 0 saturated carbocycles. The smallest absolute Gasteiger partial charge is 0.110 e. The molecule has 1 atom stereocenters. The minimum Gasteiger partial charge on any atom is -0.335 e. The van der Waals surface area contributed by atoms with Gasteiger partial charge in [0.25, 0.3) is 0 Å². The van der Waals surface area contributed by atoms with Crippen LogP contribution in [0.3, 0.4) is 0 Å². The number of aromatic nitrogens is 3. The van der Waals surface area contributed by atoms with Crippen molar-refractivity contribution in [1.29, 1.82) is 0 Å². The van der Waals surface area contributed by atoms with Gasteiger partial charge >= 0.3 is 0 Å². The van der Waals surface area contributed by atoms with Crippen LogP contribution in [0.4, 0.5) is 0 Å². The molecule has 2 heterocycles. The Balaban J connectivity index is 2.11. The van der Waals surface area contributed by atoms with Crippen LogP contribution in [0.5, 0.6) is 0 Å². The van der Waals surface area contributed by atoms with Crippen LogP contribution in [0, 0.1) is 6.92 Å². The fraction of sp³-hybridized carbons (Fsp3) is 0.429. The average Bonchev–Trinajstić information content (AvgIpc) is 2.77. The summed E-state index contributed by atoms with van der Waals surface area (Å²) in [5.41, 5.74) is 8.36. The first-order valence-electron chi connectivity index (χ1n) is 6.39. The summed E-state index contributed by atoms with van der Waals surface area (Å²) in [6.07, 6.45) is 7.53. The number of imidazole rings is 1. The summed E-state index contributed by atoms with van der Waals surface area (Å²) in [7, 11) is 0. The van der Waals surface area contributed by atoms with Gasteiger partial charge in [0.1, 0.15) is 5.82 Å². The van der Waals surface area contributed by atoms with Gasteiger partial charge in [0.15, 0.2) is 0 Å². The molecule has 0 aromatic carbocycles. The van der Waals surface area contributed by atoms with E-state index in [1.165, 1.54) is 0 Å². The normalized spacial score (nSPS) is 12.6. The minimum atomic E-state index is -0.0234. The second-order valence-corrected chi connectivity index (χ2v) is 4.58. The second-order valence-electron chi connectivity index (χ2n) is 4.58. The predicted molar refractivity (Wildman–Crippen MR) is 72.1 cm³/mol. The lowest BCUT2D eigenvalue weighted by molar-refractivity contribution is 0.598. The number of nitrogens with zero attached hydrogens (tertiary/aromatic N) is 3. The van der Waals surface area contributed by atoms with E-state index in [0.29, 0.717) is 0 Å². The number of hydrogen-bond acceptors (Lipinski definition) is 3. The molecule has 0 aliphatic heterocycles. The third kappa shape index (κ3) is 2.96. The predicted octanol–water partition coefficient (Wildman–Crippen LogP) is 2.24. The van der Waals surface area contributed by atoms with Crippen LogP contribution in [-0.4, -0.2) is 14.5 Å². The van der Waals surface area contributed by atoms with Gasteiger partial charge in [-0.25, -0.2) is 4.98 Å². The summed E-state index contributed by atoms with van der Waals surface area (Å²) in [4.78, 5) is 8.58. The van der Waals surface area contributed by atoms with Crippen molar-refractivity contribution in [2.75, 3.05) is 0 Å². The maximum atomic E-state index is 6.24. The van der Waals surface area contributed by atoms with Gasteiger partial charge in [-0.2, -0.15) is 0 Å². The van der Waals surface area contributed by atoms with E-state index in [1.807, 2.05) is 37.6 Å². The van der Waals surface area contributed by atoms with Crippen LogP contribution >= 0.6 is 0 Å². The lowest BCUT2D eigenvalue weighted by Gasteiger charge is -2.13. The SMILES string of the molecule is CCCn1ccnc1CC(N)c1ccnc(C)c1. The molecule has 18 heavy (non-hydrogen) atoms. The summed E-state index contributed by atoms with van der Waals surface area (Å²) in [5, 5.41) is 0. The van der Waals surface area contributed by atoms with Gasteiger partial charge in [0.2, 0.25) is 0 Å². The molecular formula is C14H20N4. The quantitative estimate of drug-likeness (QED) is 0.877. The molecule has 0 bridgehead atoms. The van der Waals surface area contributed by atoms with Gasteiger partial charge < -0.3 is 10.3 Å².